The molecule has 0 aromatic heterocycles. The maximum atomic E-state index is 10.4. The van der Waals surface area contributed by atoms with Gasteiger partial charge in [0.1, 0.15) is 22.9 Å². The van der Waals surface area contributed by atoms with Crippen LogP contribution >= 0.6 is 0 Å². The van der Waals surface area contributed by atoms with Crippen LogP contribution in [0.1, 0.15) is 12.5 Å². The van der Waals surface area contributed by atoms with E-state index in [2.05, 4.69) is 4.18 Å². The molecule has 0 saturated carbocycles. The second-order valence-electron chi connectivity index (χ2n) is 2.88. The zero-order valence-corrected chi connectivity index (χ0v) is 9.30. The van der Waals surface area contributed by atoms with Gasteiger partial charge < -0.3 is 19.2 Å². The fourth-order valence-electron chi connectivity index (χ4n) is 1.14. The maximum Gasteiger partial charge on any atom is 0.145 e. The molecule has 84 valence electrons. The molecule has 0 aliphatic heterocycles. The summed E-state index contributed by atoms with van der Waals surface area (Å²) in [6.45, 7) is 3.97. The monoisotopic (exact) mass is 230 g/mol. The lowest BCUT2D eigenvalue weighted by molar-refractivity contribution is 0.340. The Kier molecular flexibility index (Phi) is 3.93. The quantitative estimate of drug-likeness (QED) is 0.619. The molecular weight excluding hydrogens is 218 g/mol. The first kappa shape index (κ1) is 11.8. The van der Waals surface area contributed by atoms with Crippen molar-refractivity contribution in [1.29, 1.82) is 0 Å². The number of rotatable bonds is 4. The summed E-state index contributed by atoms with van der Waals surface area (Å²) in [6.07, 6.45) is 0. The first-order chi connectivity index (χ1) is 7.04. The minimum atomic E-state index is -2.59. The van der Waals surface area contributed by atoms with Gasteiger partial charge in [0.15, 0.2) is 0 Å². The van der Waals surface area contributed by atoms with Crippen LogP contribution in [0.25, 0.3) is 0 Å². The summed E-state index contributed by atoms with van der Waals surface area (Å²) in [7, 11) is 0. The predicted octanol–water partition coefficient (Wildman–Crippen LogP) is 1.15. The molecule has 1 aromatic rings. The van der Waals surface area contributed by atoms with E-state index < -0.39 is 11.4 Å². The Labute approximate surface area is 90.7 Å². The zero-order chi connectivity index (χ0) is 11.4. The molecule has 1 rings (SSSR count). The number of hydrogen-bond donors (Lipinski definition) is 1. The van der Waals surface area contributed by atoms with Gasteiger partial charge in [-0.3, -0.25) is 0 Å². The number of nitrogen functional groups attached to an aromatic ring is 1. The van der Waals surface area contributed by atoms with Crippen LogP contribution < -0.4 is 14.7 Å². The summed E-state index contributed by atoms with van der Waals surface area (Å²) in [6, 6.07) is 3.07. The van der Waals surface area contributed by atoms with Crippen molar-refractivity contribution in [3.63, 3.8) is 0 Å². The molecule has 6 heteroatoms. The molecule has 0 bridgehead atoms. The van der Waals surface area contributed by atoms with Crippen LogP contribution in [0.15, 0.2) is 12.1 Å². The Morgan fingerprint density at radius 2 is 2.13 bits per heavy atom. The Bertz CT molecular complexity index is 381. The topological polar surface area (TPSA) is 84.6 Å². The van der Waals surface area contributed by atoms with Crippen molar-refractivity contribution in [1.82, 2.24) is 0 Å². The van der Waals surface area contributed by atoms with Gasteiger partial charge in [-0.1, -0.05) is 0 Å². The minimum Gasteiger partial charge on any atom is -0.740 e. The van der Waals surface area contributed by atoms with E-state index in [4.69, 9.17) is 10.5 Å². The summed E-state index contributed by atoms with van der Waals surface area (Å²) in [5.74, 6) is 0.643. The Morgan fingerprint density at radius 3 is 2.67 bits per heavy atom. The summed E-state index contributed by atoms with van der Waals surface area (Å²) >= 11 is -2.59. The third-order valence-corrected chi connectivity index (χ3v) is 2.08. The third-order valence-electron chi connectivity index (χ3n) is 1.77. The smallest absolute Gasteiger partial charge is 0.145 e. The van der Waals surface area contributed by atoms with Crippen molar-refractivity contribution in [2.45, 2.75) is 13.8 Å². The van der Waals surface area contributed by atoms with Gasteiger partial charge in [-0.25, -0.2) is 4.21 Å². The maximum absolute atomic E-state index is 10.4. The number of ether oxygens (including phenoxy) is 1. The Hall–Kier alpha value is -1.27. The van der Waals surface area contributed by atoms with Crippen LogP contribution in [0.4, 0.5) is 5.69 Å². The van der Waals surface area contributed by atoms with Gasteiger partial charge in [-0.15, -0.1) is 0 Å². The van der Waals surface area contributed by atoms with Crippen LogP contribution in [0.5, 0.6) is 11.5 Å². The molecule has 0 spiro atoms. The SMILES string of the molecule is CCOc1cc(OS(=O)[O-])c(C)cc1N. The van der Waals surface area contributed by atoms with Gasteiger partial charge in [0.25, 0.3) is 0 Å². The van der Waals surface area contributed by atoms with Gasteiger partial charge in [-0.2, -0.15) is 0 Å². The first-order valence-electron chi connectivity index (χ1n) is 4.35. The van der Waals surface area contributed by atoms with Gasteiger partial charge in [0.05, 0.1) is 12.3 Å². The van der Waals surface area contributed by atoms with Crippen LogP contribution in [0.2, 0.25) is 0 Å². The average Bonchev–Trinajstić information content (AvgIpc) is 2.12. The number of aryl methyl sites for hydroxylation is 1. The highest BCUT2D eigenvalue weighted by atomic mass is 32.2. The van der Waals surface area contributed by atoms with E-state index in [9.17, 15) is 8.76 Å². The molecule has 0 saturated heterocycles. The fourth-order valence-corrected chi connectivity index (χ4v) is 1.46. The van der Waals surface area contributed by atoms with Crippen LogP contribution in [-0.4, -0.2) is 15.4 Å². The second kappa shape index (κ2) is 4.99. The molecule has 5 nitrogen and oxygen atoms in total. The summed E-state index contributed by atoms with van der Waals surface area (Å²) in [4.78, 5) is 0. The van der Waals surface area contributed by atoms with Crippen LogP contribution in [0.3, 0.4) is 0 Å². The average molecular weight is 230 g/mol. The molecule has 0 heterocycles. The Balaban J connectivity index is 3.05. The van der Waals surface area contributed by atoms with E-state index >= 15 is 0 Å². The second-order valence-corrected chi connectivity index (χ2v) is 3.45. The molecule has 0 aliphatic rings. The molecule has 0 fully saturated rings. The van der Waals surface area contributed by atoms with E-state index in [0.717, 1.165) is 0 Å². The lowest BCUT2D eigenvalue weighted by Crippen LogP contribution is -2.02. The molecule has 1 unspecified atom stereocenters. The fraction of sp³-hybridized carbons (Fsp3) is 0.333. The van der Waals surface area contributed by atoms with E-state index in [1.807, 2.05) is 6.92 Å². The number of hydrogen-bond acceptors (Lipinski definition) is 5. The largest absolute Gasteiger partial charge is 0.740 e. The van der Waals surface area contributed by atoms with Crippen molar-refractivity contribution in [2.75, 3.05) is 12.3 Å². The molecule has 1 aromatic carbocycles. The number of benzene rings is 1. The van der Waals surface area contributed by atoms with Crippen molar-refractivity contribution >= 4 is 17.0 Å². The highest BCUT2D eigenvalue weighted by Crippen LogP contribution is 2.30. The molecule has 15 heavy (non-hydrogen) atoms. The first-order valence-corrected chi connectivity index (χ1v) is 5.35. The number of nitrogens with two attached hydrogens (primary N) is 1. The molecule has 1 atom stereocenters. The predicted molar refractivity (Wildman–Crippen MR) is 56.3 cm³/mol. The van der Waals surface area contributed by atoms with Gasteiger partial charge in [0, 0.05) is 6.07 Å². The molecule has 0 aliphatic carbocycles. The van der Waals surface area contributed by atoms with Crippen molar-refractivity contribution in [3.8, 4) is 11.5 Å². The standard InChI is InChI=1S/C9H13NO4S/c1-3-13-9-5-8(14-15(11)12)6(2)4-7(9)10/h4-5H,3,10H2,1-2H3,(H,11,12)/p-1. The molecule has 2 N–H and O–H groups in total. The lowest BCUT2D eigenvalue weighted by Gasteiger charge is -2.13. The van der Waals surface area contributed by atoms with E-state index in [0.29, 0.717) is 23.6 Å². The third kappa shape index (κ3) is 3.10. The minimum absolute atomic E-state index is 0.223. The molecule has 0 radical (unpaired) electrons. The summed E-state index contributed by atoms with van der Waals surface area (Å²) in [5.41, 5.74) is 6.77. The van der Waals surface area contributed by atoms with Gasteiger partial charge >= 0.3 is 0 Å². The molecule has 0 amide bonds. The van der Waals surface area contributed by atoms with Gasteiger partial charge in [-0.05, 0) is 25.5 Å². The highest BCUT2D eigenvalue weighted by Gasteiger charge is 2.07. The Morgan fingerprint density at radius 1 is 1.47 bits per heavy atom. The van der Waals surface area contributed by atoms with Gasteiger partial charge in [0.2, 0.25) is 0 Å². The zero-order valence-electron chi connectivity index (χ0n) is 8.48. The van der Waals surface area contributed by atoms with E-state index in [1.165, 1.54) is 6.07 Å². The van der Waals surface area contributed by atoms with E-state index in [1.54, 1.807) is 13.0 Å². The highest BCUT2D eigenvalue weighted by molar-refractivity contribution is 7.74. The van der Waals surface area contributed by atoms with Crippen molar-refractivity contribution in [3.05, 3.63) is 17.7 Å². The van der Waals surface area contributed by atoms with Crippen LogP contribution in [-0.2, 0) is 11.4 Å². The van der Waals surface area contributed by atoms with E-state index in [-0.39, 0.29) is 5.75 Å². The normalized spacial score (nSPS) is 12.2. The van der Waals surface area contributed by atoms with Crippen LogP contribution in [0, 0.1) is 6.92 Å². The summed E-state index contributed by atoms with van der Waals surface area (Å²) < 4.78 is 30.5. The molecular formula is C9H12NO4S-. The van der Waals surface area contributed by atoms with Crippen molar-refractivity contribution < 1.29 is 17.7 Å². The van der Waals surface area contributed by atoms with Crippen molar-refractivity contribution in [2.24, 2.45) is 0 Å². The lowest BCUT2D eigenvalue weighted by atomic mass is 10.2. The number of anilines is 1. The summed E-state index contributed by atoms with van der Waals surface area (Å²) in [5, 5.41) is 0.